The van der Waals surface area contributed by atoms with Crippen LogP contribution in [0.5, 0.6) is 0 Å². The van der Waals surface area contributed by atoms with Gasteiger partial charge < -0.3 is 9.68 Å². The van der Waals surface area contributed by atoms with Gasteiger partial charge in [-0.15, -0.1) is 3.89 Å². The molecule has 0 aliphatic carbocycles. The van der Waals surface area contributed by atoms with Crippen molar-refractivity contribution in [1.29, 1.82) is 0 Å². The first-order valence-corrected chi connectivity index (χ1v) is 5.47. The maximum Gasteiger partial charge on any atom is 0.304 e. The fraction of sp³-hybridized carbons (Fsp3) is 0.714. The summed E-state index contributed by atoms with van der Waals surface area (Å²) >= 11 is 0. The van der Waals surface area contributed by atoms with Crippen LogP contribution in [0.2, 0.25) is 0 Å². The van der Waals surface area contributed by atoms with Crippen molar-refractivity contribution in [2.24, 2.45) is 0 Å². The molecule has 0 aliphatic rings. The van der Waals surface area contributed by atoms with Gasteiger partial charge in [0, 0.05) is 4.53 Å². The average Bonchev–Trinajstić information content (AvgIpc) is 2.02. The minimum absolute atomic E-state index is 0.218. The summed E-state index contributed by atoms with van der Waals surface area (Å²) in [5, 5.41) is 0. The Kier molecular flexibility index (Phi) is 6.39. The van der Waals surface area contributed by atoms with Gasteiger partial charge in [-0.1, -0.05) is 0 Å². The van der Waals surface area contributed by atoms with E-state index in [2.05, 4.69) is 4.94 Å². The Labute approximate surface area is 81.6 Å². The molecule has 0 N–H and O–H groups in total. The highest BCUT2D eigenvalue weighted by Gasteiger charge is 2.08. The van der Waals surface area contributed by atoms with E-state index in [1.54, 1.807) is 6.92 Å². The van der Waals surface area contributed by atoms with E-state index >= 15 is 0 Å². The van der Waals surface area contributed by atoms with Crippen LogP contribution in [0.4, 0.5) is 8.41 Å². The number of halogens is 2. The van der Waals surface area contributed by atoms with Gasteiger partial charge in [0.25, 0.3) is 0 Å². The van der Waals surface area contributed by atoms with Crippen molar-refractivity contribution in [1.82, 2.24) is 0 Å². The molecule has 0 saturated carbocycles. The van der Waals surface area contributed by atoms with Crippen molar-refractivity contribution < 1.29 is 26.5 Å². The smallest absolute Gasteiger partial charge is 0.304 e. The SMILES string of the molecule is CC(CC=COF)OCCS(=O)(=O)F. The normalized spacial score (nSPS) is 14.5. The monoisotopic (exact) mass is 230 g/mol. The molecule has 0 rings (SSSR count). The van der Waals surface area contributed by atoms with Gasteiger partial charge in [-0.05, 0) is 19.4 Å². The molecule has 0 radical (unpaired) electrons. The Balaban J connectivity index is 3.54. The second-order valence-corrected chi connectivity index (χ2v) is 4.11. The van der Waals surface area contributed by atoms with Crippen LogP contribution in [0, 0.1) is 0 Å². The van der Waals surface area contributed by atoms with Crippen molar-refractivity contribution in [3.8, 4) is 0 Å². The summed E-state index contributed by atoms with van der Waals surface area (Å²) in [5.74, 6) is -0.666. The zero-order valence-electron chi connectivity index (χ0n) is 7.65. The van der Waals surface area contributed by atoms with Crippen LogP contribution >= 0.6 is 0 Å². The fourth-order valence-corrected chi connectivity index (χ4v) is 0.996. The lowest BCUT2D eigenvalue weighted by Crippen LogP contribution is -2.13. The van der Waals surface area contributed by atoms with Gasteiger partial charge in [-0.25, -0.2) is 0 Å². The van der Waals surface area contributed by atoms with Crippen LogP contribution in [0.15, 0.2) is 12.3 Å². The molecule has 0 fully saturated rings. The fourth-order valence-electron chi connectivity index (χ4n) is 0.700. The van der Waals surface area contributed by atoms with E-state index in [1.165, 1.54) is 6.08 Å². The van der Waals surface area contributed by atoms with Crippen molar-refractivity contribution in [2.45, 2.75) is 19.4 Å². The molecule has 14 heavy (non-hydrogen) atoms. The molecule has 7 heteroatoms. The third-order valence-corrected chi connectivity index (χ3v) is 2.00. The van der Waals surface area contributed by atoms with E-state index in [9.17, 15) is 16.8 Å². The zero-order valence-corrected chi connectivity index (χ0v) is 8.47. The Bertz CT molecular complexity index is 263. The summed E-state index contributed by atoms with van der Waals surface area (Å²) < 4.78 is 48.1. The Morgan fingerprint density at radius 1 is 1.50 bits per heavy atom. The first kappa shape index (κ1) is 13.3. The molecule has 0 bridgehead atoms. The highest BCUT2D eigenvalue weighted by atomic mass is 32.3. The van der Waals surface area contributed by atoms with Gasteiger partial charge in [0.1, 0.15) is 12.0 Å². The summed E-state index contributed by atoms with van der Waals surface area (Å²) in [5.41, 5.74) is 0. The lowest BCUT2D eigenvalue weighted by Gasteiger charge is -2.08. The second-order valence-electron chi connectivity index (χ2n) is 2.62. The summed E-state index contributed by atoms with van der Waals surface area (Å²) in [4.78, 5) is 3.16. The van der Waals surface area contributed by atoms with E-state index in [0.29, 0.717) is 6.42 Å². The van der Waals surface area contributed by atoms with E-state index in [4.69, 9.17) is 4.74 Å². The maximum absolute atomic E-state index is 12.0. The molecule has 0 aromatic heterocycles. The number of hydrogen-bond donors (Lipinski definition) is 0. The van der Waals surface area contributed by atoms with Gasteiger partial charge in [-0.3, -0.25) is 0 Å². The summed E-state index contributed by atoms with van der Waals surface area (Å²) in [6, 6.07) is 0. The van der Waals surface area contributed by atoms with Crippen molar-refractivity contribution >= 4 is 10.2 Å². The molecule has 0 amide bonds. The van der Waals surface area contributed by atoms with Gasteiger partial charge in [-0.2, -0.15) is 8.42 Å². The standard InChI is InChI=1S/C7H12F2O4S/c1-7(3-2-4-13-8)12-5-6-14(9,10)11/h2,4,7H,3,5-6H2,1H3. The number of rotatable bonds is 7. The first-order chi connectivity index (χ1) is 6.45. The Hall–Kier alpha value is -0.690. The lowest BCUT2D eigenvalue weighted by molar-refractivity contribution is -0.0624. The lowest BCUT2D eigenvalue weighted by atomic mass is 10.3. The average molecular weight is 230 g/mol. The molecule has 0 aromatic rings. The molecule has 0 saturated heterocycles. The minimum atomic E-state index is -4.47. The van der Waals surface area contributed by atoms with Crippen LogP contribution < -0.4 is 0 Å². The molecule has 84 valence electrons. The quantitative estimate of drug-likeness (QED) is 0.491. The van der Waals surface area contributed by atoms with Gasteiger partial charge in [0.2, 0.25) is 0 Å². The van der Waals surface area contributed by atoms with E-state index in [0.717, 1.165) is 6.26 Å². The third-order valence-electron chi connectivity index (χ3n) is 1.35. The molecule has 1 atom stereocenters. The Morgan fingerprint density at radius 2 is 2.14 bits per heavy atom. The number of ether oxygens (including phenoxy) is 1. The molecule has 0 spiro atoms. The van der Waals surface area contributed by atoms with Crippen LogP contribution in [-0.2, 0) is 19.9 Å². The largest absolute Gasteiger partial charge is 0.377 e. The Morgan fingerprint density at radius 3 is 2.64 bits per heavy atom. The molecule has 0 aliphatic heterocycles. The predicted octanol–water partition coefficient (Wildman–Crippen LogP) is 1.50. The zero-order chi connectivity index (χ0) is 11.0. The topological polar surface area (TPSA) is 52.6 Å². The summed E-state index contributed by atoms with van der Waals surface area (Å²) in [7, 11) is -4.47. The van der Waals surface area contributed by atoms with Crippen molar-refractivity contribution in [3.63, 3.8) is 0 Å². The first-order valence-electron chi connectivity index (χ1n) is 3.92. The highest BCUT2D eigenvalue weighted by Crippen LogP contribution is 2.00. The van der Waals surface area contributed by atoms with E-state index < -0.39 is 16.0 Å². The number of hydrogen-bond acceptors (Lipinski definition) is 4. The summed E-state index contributed by atoms with van der Waals surface area (Å²) in [6.45, 7) is 1.43. The molecule has 1 unspecified atom stereocenters. The maximum atomic E-state index is 12.0. The molecular formula is C7H12F2O4S. The van der Waals surface area contributed by atoms with Gasteiger partial charge in [0.05, 0.1) is 12.7 Å². The van der Waals surface area contributed by atoms with Crippen LogP contribution in [0.25, 0.3) is 0 Å². The molecular weight excluding hydrogens is 218 g/mol. The highest BCUT2D eigenvalue weighted by molar-refractivity contribution is 7.86. The van der Waals surface area contributed by atoms with Gasteiger partial charge >= 0.3 is 10.2 Å². The van der Waals surface area contributed by atoms with Gasteiger partial charge in [0.15, 0.2) is 0 Å². The van der Waals surface area contributed by atoms with Crippen LogP contribution in [-0.4, -0.2) is 26.9 Å². The van der Waals surface area contributed by atoms with Crippen molar-refractivity contribution in [3.05, 3.63) is 12.3 Å². The van der Waals surface area contributed by atoms with Crippen LogP contribution in [0.3, 0.4) is 0 Å². The third kappa shape index (κ3) is 9.40. The predicted molar refractivity (Wildman–Crippen MR) is 46.3 cm³/mol. The second kappa shape index (κ2) is 6.72. The molecule has 0 aromatic carbocycles. The molecule has 0 heterocycles. The minimum Gasteiger partial charge on any atom is -0.377 e. The van der Waals surface area contributed by atoms with Crippen molar-refractivity contribution in [2.75, 3.05) is 12.4 Å². The van der Waals surface area contributed by atoms with Crippen LogP contribution in [0.1, 0.15) is 13.3 Å². The van der Waals surface area contributed by atoms with E-state index in [1.807, 2.05) is 0 Å². The molecule has 4 nitrogen and oxygen atoms in total. The van der Waals surface area contributed by atoms with E-state index in [-0.39, 0.29) is 12.7 Å². The summed E-state index contributed by atoms with van der Waals surface area (Å²) in [6.07, 6.45) is 2.25.